The Morgan fingerprint density at radius 1 is 1.16 bits per heavy atom. The molecule has 0 aliphatic carbocycles. The zero-order chi connectivity index (χ0) is 17.1. The smallest absolute Gasteiger partial charge is 0.226 e. The van der Waals surface area contributed by atoms with Crippen molar-refractivity contribution in [3.05, 3.63) is 42.7 Å². The van der Waals surface area contributed by atoms with E-state index in [4.69, 9.17) is 14.5 Å². The zero-order valence-electron chi connectivity index (χ0n) is 14.4. The minimum Gasteiger partial charge on any atom is -0.383 e. The maximum Gasteiger partial charge on any atom is 0.226 e. The molecule has 1 fully saturated rings. The Morgan fingerprint density at radius 3 is 2.84 bits per heavy atom. The van der Waals surface area contributed by atoms with Crippen LogP contribution in [0, 0.1) is 0 Å². The van der Waals surface area contributed by atoms with Crippen molar-refractivity contribution in [3.63, 3.8) is 0 Å². The third-order valence-corrected chi connectivity index (χ3v) is 4.54. The quantitative estimate of drug-likeness (QED) is 0.716. The summed E-state index contributed by atoms with van der Waals surface area (Å²) in [7, 11) is 1.73. The van der Waals surface area contributed by atoms with E-state index in [2.05, 4.69) is 44.9 Å². The molecule has 25 heavy (non-hydrogen) atoms. The summed E-state index contributed by atoms with van der Waals surface area (Å²) in [5, 5.41) is 1.20. The number of aromatic nitrogens is 3. The van der Waals surface area contributed by atoms with Crippen LogP contribution in [0.1, 0.15) is 0 Å². The van der Waals surface area contributed by atoms with Gasteiger partial charge in [-0.1, -0.05) is 18.2 Å². The summed E-state index contributed by atoms with van der Waals surface area (Å²) >= 11 is 0. The Bertz CT molecular complexity index is 856. The molecule has 0 N–H and O–H groups in total. The number of methoxy groups -OCH3 is 1. The van der Waals surface area contributed by atoms with Crippen LogP contribution in [0.3, 0.4) is 0 Å². The Kier molecular flexibility index (Phi) is 4.63. The topological polar surface area (TPSA) is 52.4 Å². The van der Waals surface area contributed by atoms with Crippen LogP contribution in [0.5, 0.6) is 0 Å². The van der Waals surface area contributed by atoms with Crippen molar-refractivity contribution in [1.82, 2.24) is 14.5 Å². The van der Waals surface area contributed by atoms with Gasteiger partial charge in [-0.05, 0) is 12.1 Å². The fourth-order valence-corrected chi connectivity index (χ4v) is 3.24. The first-order valence-corrected chi connectivity index (χ1v) is 8.60. The molecule has 0 spiro atoms. The molecule has 0 unspecified atom stereocenters. The van der Waals surface area contributed by atoms with Gasteiger partial charge in [-0.15, -0.1) is 0 Å². The number of ether oxygens (including phenoxy) is 2. The van der Waals surface area contributed by atoms with Crippen molar-refractivity contribution in [3.8, 4) is 11.3 Å². The number of nitrogens with zero attached hydrogens (tertiary/aromatic N) is 4. The molecule has 0 amide bonds. The van der Waals surface area contributed by atoms with Gasteiger partial charge < -0.3 is 18.9 Å². The van der Waals surface area contributed by atoms with Crippen molar-refractivity contribution in [2.75, 3.05) is 44.9 Å². The highest BCUT2D eigenvalue weighted by molar-refractivity contribution is 5.95. The van der Waals surface area contributed by atoms with E-state index < -0.39 is 0 Å². The standard InChI is InChI=1S/C19H22N4O2/c1-24-11-8-23-14-16(15-4-2-3-5-18(15)23)17-6-7-20-19(21-17)22-9-12-25-13-10-22/h2-7,14H,8-13H2,1H3. The second-order valence-corrected chi connectivity index (χ2v) is 6.09. The molecular formula is C19H22N4O2. The van der Waals surface area contributed by atoms with Gasteiger partial charge in [-0.25, -0.2) is 9.97 Å². The summed E-state index contributed by atoms with van der Waals surface area (Å²) in [5.41, 5.74) is 3.27. The average molecular weight is 338 g/mol. The number of benzene rings is 1. The van der Waals surface area contributed by atoms with Crippen molar-refractivity contribution < 1.29 is 9.47 Å². The van der Waals surface area contributed by atoms with Gasteiger partial charge in [0.1, 0.15) is 0 Å². The summed E-state index contributed by atoms with van der Waals surface area (Å²) in [5.74, 6) is 0.773. The maximum atomic E-state index is 5.42. The summed E-state index contributed by atoms with van der Waals surface area (Å²) < 4.78 is 12.9. The Balaban J connectivity index is 1.74. The van der Waals surface area contributed by atoms with E-state index >= 15 is 0 Å². The van der Waals surface area contributed by atoms with Crippen molar-refractivity contribution in [1.29, 1.82) is 0 Å². The monoisotopic (exact) mass is 338 g/mol. The third kappa shape index (κ3) is 3.23. The average Bonchev–Trinajstić information content (AvgIpc) is 3.06. The molecule has 4 rings (SSSR count). The minimum absolute atomic E-state index is 0.681. The number of morpholine rings is 1. The normalized spacial score (nSPS) is 15.0. The van der Waals surface area contributed by atoms with Crippen LogP contribution in [-0.2, 0) is 16.0 Å². The lowest BCUT2D eigenvalue weighted by Crippen LogP contribution is -2.37. The molecule has 3 heterocycles. The van der Waals surface area contributed by atoms with E-state index in [1.165, 1.54) is 10.9 Å². The van der Waals surface area contributed by atoms with Crippen LogP contribution in [0.2, 0.25) is 0 Å². The molecular weight excluding hydrogens is 316 g/mol. The van der Waals surface area contributed by atoms with Crippen LogP contribution in [0.4, 0.5) is 5.95 Å². The van der Waals surface area contributed by atoms with E-state index in [0.717, 1.165) is 50.1 Å². The molecule has 2 aromatic heterocycles. The SMILES string of the molecule is COCCn1cc(-c2ccnc(N3CCOCC3)n2)c2ccccc21. The highest BCUT2D eigenvalue weighted by Crippen LogP contribution is 2.30. The summed E-state index contributed by atoms with van der Waals surface area (Å²) in [6.07, 6.45) is 4.00. The number of rotatable bonds is 5. The van der Waals surface area contributed by atoms with Gasteiger partial charge in [0.25, 0.3) is 0 Å². The molecule has 3 aromatic rings. The molecule has 1 aromatic carbocycles. The van der Waals surface area contributed by atoms with Crippen molar-refractivity contribution in [2.45, 2.75) is 6.54 Å². The van der Waals surface area contributed by atoms with Crippen molar-refractivity contribution >= 4 is 16.9 Å². The van der Waals surface area contributed by atoms with Crippen LogP contribution >= 0.6 is 0 Å². The lowest BCUT2D eigenvalue weighted by atomic mass is 10.1. The van der Waals surface area contributed by atoms with Gasteiger partial charge in [-0.2, -0.15) is 0 Å². The molecule has 0 saturated carbocycles. The molecule has 6 heteroatoms. The summed E-state index contributed by atoms with van der Waals surface area (Å²) in [6.45, 7) is 4.62. The minimum atomic E-state index is 0.681. The number of hydrogen-bond donors (Lipinski definition) is 0. The van der Waals surface area contributed by atoms with Gasteiger partial charge in [0, 0.05) is 55.6 Å². The second-order valence-electron chi connectivity index (χ2n) is 6.09. The first-order chi connectivity index (χ1) is 12.4. The molecule has 130 valence electrons. The molecule has 0 bridgehead atoms. The number of hydrogen-bond acceptors (Lipinski definition) is 5. The molecule has 1 saturated heterocycles. The molecule has 1 aliphatic rings. The highest BCUT2D eigenvalue weighted by Gasteiger charge is 2.16. The van der Waals surface area contributed by atoms with Crippen LogP contribution in [-0.4, -0.2) is 54.6 Å². The number of para-hydroxylation sites is 1. The van der Waals surface area contributed by atoms with E-state index in [1.54, 1.807) is 7.11 Å². The van der Waals surface area contributed by atoms with Gasteiger partial charge >= 0.3 is 0 Å². The molecule has 0 radical (unpaired) electrons. The van der Waals surface area contributed by atoms with Gasteiger partial charge in [0.05, 0.1) is 25.5 Å². The number of fused-ring (bicyclic) bond motifs is 1. The first-order valence-electron chi connectivity index (χ1n) is 8.60. The van der Waals surface area contributed by atoms with Crippen LogP contribution < -0.4 is 4.90 Å². The van der Waals surface area contributed by atoms with E-state index in [9.17, 15) is 0 Å². The van der Waals surface area contributed by atoms with Crippen molar-refractivity contribution in [2.24, 2.45) is 0 Å². The van der Waals surface area contributed by atoms with Gasteiger partial charge in [0.15, 0.2) is 0 Å². The predicted octanol–water partition coefficient (Wildman–Crippen LogP) is 2.58. The lowest BCUT2D eigenvalue weighted by molar-refractivity contribution is 0.122. The first kappa shape index (κ1) is 16.1. The Labute approximate surface area is 147 Å². The second kappa shape index (κ2) is 7.21. The highest BCUT2D eigenvalue weighted by atomic mass is 16.5. The number of anilines is 1. The van der Waals surface area contributed by atoms with Crippen LogP contribution in [0.15, 0.2) is 42.7 Å². The van der Waals surface area contributed by atoms with E-state index in [0.29, 0.717) is 6.61 Å². The summed E-state index contributed by atoms with van der Waals surface area (Å²) in [6, 6.07) is 10.4. The summed E-state index contributed by atoms with van der Waals surface area (Å²) in [4.78, 5) is 11.5. The van der Waals surface area contributed by atoms with E-state index in [-0.39, 0.29) is 0 Å². The van der Waals surface area contributed by atoms with E-state index in [1.807, 2.05) is 12.3 Å². The van der Waals surface area contributed by atoms with Gasteiger partial charge in [0.2, 0.25) is 5.95 Å². The van der Waals surface area contributed by atoms with Gasteiger partial charge in [-0.3, -0.25) is 0 Å². The Morgan fingerprint density at radius 2 is 2.00 bits per heavy atom. The molecule has 1 aliphatic heterocycles. The molecule has 0 atom stereocenters. The third-order valence-electron chi connectivity index (χ3n) is 4.54. The fraction of sp³-hybridized carbons (Fsp3) is 0.368. The Hall–Kier alpha value is -2.44. The fourth-order valence-electron chi connectivity index (χ4n) is 3.24. The maximum absolute atomic E-state index is 5.42. The zero-order valence-corrected chi connectivity index (χ0v) is 14.4. The van der Waals surface area contributed by atoms with Crippen LogP contribution in [0.25, 0.3) is 22.2 Å². The molecule has 6 nitrogen and oxygen atoms in total. The predicted molar refractivity (Wildman–Crippen MR) is 97.9 cm³/mol. The lowest BCUT2D eigenvalue weighted by Gasteiger charge is -2.26. The largest absolute Gasteiger partial charge is 0.383 e.